The number of aromatic nitrogens is 1. The first-order chi connectivity index (χ1) is 16.8. The molecule has 1 aromatic heterocycles. The zero-order valence-electron chi connectivity index (χ0n) is 20.5. The molecule has 1 aliphatic rings. The summed E-state index contributed by atoms with van der Waals surface area (Å²) in [5, 5.41) is 5.97. The molecule has 8 heteroatoms. The summed E-state index contributed by atoms with van der Waals surface area (Å²) in [5.74, 6) is -0.728. The zero-order valence-corrected chi connectivity index (χ0v) is 20.5. The molecule has 2 heterocycles. The van der Waals surface area contributed by atoms with Crippen LogP contribution in [0.25, 0.3) is 5.70 Å². The second-order valence-electron chi connectivity index (χ2n) is 8.42. The van der Waals surface area contributed by atoms with Crippen LogP contribution in [-0.2, 0) is 11.3 Å². The molecule has 0 saturated heterocycles. The van der Waals surface area contributed by atoms with Gasteiger partial charge in [-0.25, -0.2) is 18.8 Å². The number of nitrogens with zero attached hydrogens (tertiary/aromatic N) is 2. The highest BCUT2D eigenvalue weighted by molar-refractivity contribution is 6.05. The average molecular weight is 483 g/mol. The van der Waals surface area contributed by atoms with E-state index >= 15 is 4.39 Å². The third-order valence-corrected chi connectivity index (χ3v) is 5.29. The van der Waals surface area contributed by atoms with Crippen molar-refractivity contribution in [3.63, 3.8) is 0 Å². The third-order valence-electron chi connectivity index (χ3n) is 5.29. The Hall–Kier alpha value is -3.52. The normalized spacial score (nSPS) is 13.3. The minimum absolute atomic E-state index is 0.0421. The van der Waals surface area contributed by atoms with Crippen molar-refractivity contribution in [3.05, 3.63) is 89.4 Å². The molecule has 0 fully saturated rings. The van der Waals surface area contributed by atoms with Gasteiger partial charge in [-0.3, -0.25) is 0 Å². The smallest absolute Gasteiger partial charge is 0.213 e. The van der Waals surface area contributed by atoms with E-state index in [0.717, 1.165) is 12.1 Å². The van der Waals surface area contributed by atoms with Crippen molar-refractivity contribution in [3.8, 4) is 5.88 Å². The Morgan fingerprint density at radius 1 is 1.14 bits per heavy atom. The van der Waals surface area contributed by atoms with Crippen molar-refractivity contribution >= 4 is 11.5 Å². The van der Waals surface area contributed by atoms with Gasteiger partial charge in [0.25, 0.3) is 0 Å². The number of nitrogens with one attached hydrogen (secondary N) is 2. The number of hydrogen-bond acceptors (Lipinski definition) is 6. The van der Waals surface area contributed by atoms with Crippen molar-refractivity contribution in [1.29, 1.82) is 0 Å². The maximum Gasteiger partial charge on any atom is 0.213 e. The lowest BCUT2D eigenvalue weighted by Gasteiger charge is -2.20. The van der Waals surface area contributed by atoms with Gasteiger partial charge in [0.1, 0.15) is 24.1 Å². The molecule has 0 aliphatic carbocycles. The topological polar surface area (TPSA) is 67.8 Å². The molecule has 0 saturated carbocycles. The minimum atomic E-state index is -0.721. The van der Waals surface area contributed by atoms with Crippen LogP contribution in [0.1, 0.15) is 43.9 Å². The van der Waals surface area contributed by atoms with E-state index in [-0.39, 0.29) is 23.9 Å². The van der Waals surface area contributed by atoms with E-state index in [1.807, 2.05) is 20.8 Å². The van der Waals surface area contributed by atoms with Gasteiger partial charge in [0, 0.05) is 47.9 Å². The van der Waals surface area contributed by atoms with Crippen molar-refractivity contribution in [2.45, 2.75) is 33.7 Å². The van der Waals surface area contributed by atoms with Crippen LogP contribution >= 0.6 is 0 Å². The molecule has 2 N–H and O–H groups in total. The molecular weight excluding hydrogens is 450 g/mol. The molecule has 186 valence electrons. The molecule has 0 amide bonds. The number of hydrogen-bond donors (Lipinski definition) is 2. The highest BCUT2D eigenvalue weighted by Gasteiger charge is 2.22. The number of pyridine rings is 1. The van der Waals surface area contributed by atoms with Gasteiger partial charge in [0.15, 0.2) is 0 Å². The predicted octanol–water partition coefficient (Wildman–Crippen LogP) is 5.33. The van der Waals surface area contributed by atoms with Crippen LogP contribution in [0.4, 0.5) is 8.78 Å². The largest absolute Gasteiger partial charge is 0.475 e. The third kappa shape index (κ3) is 6.99. The first kappa shape index (κ1) is 26.1. The number of benzene rings is 1. The highest BCUT2D eigenvalue weighted by Crippen LogP contribution is 2.25. The van der Waals surface area contributed by atoms with Gasteiger partial charge in [-0.2, -0.15) is 0 Å². The highest BCUT2D eigenvalue weighted by atomic mass is 19.1. The maximum atomic E-state index is 15.4. The SMILES string of the molecule is C=C1C=C(c2ccc(OCCOCCC)nc2)N=C(c2c(F)ccc(CNC(=C)C(C)C)c2F)N1. The van der Waals surface area contributed by atoms with Gasteiger partial charge >= 0.3 is 0 Å². The Bertz CT molecular complexity index is 1120. The summed E-state index contributed by atoms with van der Waals surface area (Å²) in [6, 6.07) is 6.15. The fourth-order valence-electron chi connectivity index (χ4n) is 3.23. The van der Waals surface area contributed by atoms with Gasteiger partial charge in [-0.1, -0.05) is 40.0 Å². The van der Waals surface area contributed by atoms with Crippen molar-refractivity contribution in [2.75, 3.05) is 19.8 Å². The van der Waals surface area contributed by atoms with Gasteiger partial charge in [-0.15, -0.1) is 0 Å². The van der Waals surface area contributed by atoms with Gasteiger partial charge in [0.05, 0.1) is 17.9 Å². The average Bonchev–Trinajstić information content (AvgIpc) is 2.83. The summed E-state index contributed by atoms with van der Waals surface area (Å²) in [6.07, 6.45) is 4.24. The standard InChI is InChI=1S/C27H32F2N4O2/c1-6-11-34-12-13-35-24-10-8-20(15-31-24)23-14-18(4)32-27(33-23)25-22(28)9-7-21(26(25)29)16-30-19(5)17(2)3/h7-10,14-15,17,30H,4-6,11-13,16H2,1-3H3,(H,32,33). The van der Waals surface area contributed by atoms with Crippen LogP contribution < -0.4 is 15.4 Å². The Balaban J connectivity index is 1.79. The first-order valence-corrected chi connectivity index (χ1v) is 11.6. The van der Waals surface area contributed by atoms with E-state index in [9.17, 15) is 4.39 Å². The van der Waals surface area contributed by atoms with Gasteiger partial charge < -0.3 is 20.1 Å². The molecule has 1 aromatic carbocycles. The van der Waals surface area contributed by atoms with Crippen molar-refractivity contribution < 1.29 is 18.3 Å². The summed E-state index contributed by atoms with van der Waals surface area (Å²) in [7, 11) is 0. The molecule has 3 rings (SSSR count). The number of halogens is 2. The Morgan fingerprint density at radius 2 is 1.94 bits per heavy atom. The molecule has 0 unspecified atom stereocenters. The molecule has 0 spiro atoms. The monoisotopic (exact) mass is 482 g/mol. The lowest BCUT2D eigenvalue weighted by molar-refractivity contribution is 0.0990. The number of amidine groups is 1. The fraction of sp³-hybridized carbons (Fsp3) is 0.333. The quantitative estimate of drug-likeness (QED) is 0.401. The second-order valence-corrected chi connectivity index (χ2v) is 8.42. The van der Waals surface area contributed by atoms with E-state index in [0.29, 0.717) is 48.2 Å². The zero-order chi connectivity index (χ0) is 25.4. The van der Waals surface area contributed by atoms with E-state index in [4.69, 9.17) is 9.47 Å². The van der Waals surface area contributed by atoms with E-state index in [2.05, 4.69) is 33.8 Å². The Kier molecular flexibility index (Phi) is 9.14. The number of aliphatic imine (C=N–C) groups is 1. The molecular formula is C27H32F2N4O2. The van der Waals surface area contributed by atoms with Gasteiger partial charge in [0.2, 0.25) is 5.88 Å². The van der Waals surface area contributed by atoms with Gasteiger partial charge in [-0.05, 0) is 30.5 Å². The van der Waals surface area contributed by atoms with E-state index in [1.54, 1.807) is 24.4 Å². The lowest BCUT2D eigenvalue weighted by Crippen LogP contribution is -2.28. The molecule has 0 radical (unpaired) electrons. The molecule has 0 bridgehead atoms. The Labute approximate surface area is 205 Å². The summed E-state index contributed by atoms with van der Waals surface area (Å²) in [4.78, 5) is 8.77. The minimum Gasteiger partial charge on any atom is -0.475 e. The first-order valence-electron chi connectivity index (χ1n) is 11.6. The lowest BCUT2D eigenvalue weighted by atomic mass is 10.0. The molecule has 0 atom stereocenters. The molecule has 35 heavy (non-hydrogen) atoms. The molecule has 6 nitrogen and oxygen atoms in total. The Morgan fingerprint density at radius 3 is 2.63 bits per heavy atom. The maximum absolute atomic E-state index is 15.4. The number of rotatable bonds is 12. The molecule has 2 aromatic rings. The van der Waals surface area contributed by atoms with Crippen LogP contribution in [0, 0.1) is 17.6 Å². The number of ether oxygens (including phenoxy) is 2. The van der Waals surface area contributed by atoms with E-state index in [1.165, 1.54) is 12.1 Å². The van der Waals surface area contributed by atoms with E-state index < -0.39 is 11.6 Å². The second kappa shape index (κ2) is 12.3. The van der Waals surface area contributed by atoms with Crippen LogP contribution in [0.3, 0.4) is 0 Å². The summed E-state index contributed by atoms with van der Waals surface area (Å²) < 4.78 is 41.1. The predicted molar refractivity (Wildman–Crippen MR) is 135 cm³/mol. The summed E-state index contributed by atoms with van der Waals surface area (Å²) in [5.41, 5.74) is 2.42. The fourth-order valence-corrected chi connectivity index (χ4v) is 3.23. The molecule has 1 aliphatic heterocycles. The summed E-state index contributed by atoms with van der Waals surface area (Å²) >= 11 is 0. The van der Waals surface area contributed by atoms with Crippen LogP contribution in [0.2, 0.25) is 0 Å². The summed E-state index contributed by atoms with van der Waals surface area (Å²) in [6.45, 7) is 15.6. The van der Waals surface area contributed by atoms with Crippen LogP contribution in [0.15, 0.2) is 66.1 Å². The van der Waals surface area contributed by atoms with Crippen molar-refractivity contribution in [2.24, 2.45) is 10.9 Å². The van der Waals surface area contributed by atoms with Crippen molar-refractivity contribution in [1.82, 2.24) is 15.6 Å². The van der Waals surface area contributed by atoms with Crippen LogP contribution in [0.5, 0.6) is 5.88 Å². The van der Waals surface area contributed by atoms with Crippen LogP contribution in [-0.4, -0.2) is 30.6 Å². The number of allylic oxidation sites excluding steroid dienone is 2.